The molecule has 4 heteroatoms. The molecule has 2 fully saturated rings. The summed E-state index contributed by atoms with van der Waals surface area (Å²) >= 11 is 0. The van der Waals surface area contributed by atoms with Crippen LogP contribution in [0, 0.1) is 11.8 Å². The number of carbonyl (C=O) groups excluding carboxylic acids is 1. The molecule has 0 aromatic rings. The number of amides is 1. The number of nitrogens with zero attached hydrogens (tertiary/aromatic N) is 1. The zero-order chi connectivity index (χ0) is 13.8. The topological polar surface area (TPSA) is 57.6 Å². The van der Waals surface area contributed by atoms with Crippen LogP contribution in [0.5, 0.6) is 0 Å². The molecule has 1 amide bonds. The fraction of sp³-hybridized carbons (Fsp3) is 0.867. The first-order valence-electron chi connectivity index (χ1n) is 7.64. The van der Waals surface area contributed by atoms with Crippen molar-refractivity contribution in [2.45, 2.75) is 64.3 Å². The number of carboxylic acids is 1. The average Bonchev–Trinajstić information content (AvgIpc) is 2.90. The monoisotopic (exact) mass is 267 g/mol. The Morgan fingerprint density at radius 3 is 2.42 bits per heavy atom. The minimum atomic E-state index is -0.835. The van der Waals surface area contributed by atoms with Crippen LogP contribution in [0.2, 0.25) is 0 Å². The lowest BCUT2D eigenvalue weighted by molar-refractivity contribution is -0.153. The molecule has 2 unspecified atom stereocenters. The largest absolute Gasteiger partial charge is 0.480 e. The Morgan fingerprint density at radius 1 is 1.16 bits per heavy atom. The van der Waals surface area contributed by atoms with Crippen molar-refractivity contribution in [3.05, 3.63) is 0 Å². The predicted molar refractivity (Wildman–Crippen MR) is 72.7 cm³/mol. The molecule has 0 aromatic heterocycles. The minimum absolute atomic E-state index is 0.0638. The van der Waals surface area contributed by atoms with E-state index in [-0.39, 0.29) is 5.91 Å². The van der Waals surface area contributed by atoms with Gasteiger partial charge in [-0.15, -0.1) is 0 Å². The number of carbonyl (C=O) groups is 2. The van der Waals surface area contributed by atoms with E-state index in [1.165, 1.54) is 12.8 Å². The molecule has 1 heterocycles. The summed E-state index contributed by atoms with van der Waals surface area (Å²) in [6, 6.07) is -0.590. The molecule has 0 bridgehead atoms. The molecular weight excluding hydrogens is 242 g/mol. The first kappa shape index (κ1) is 14.4. The van der Waals surface area contributed by atoms with Crippen molar-refractivity contribution >= 4 is 11.9 Å². The number of hydrogen-bond acceptors (Lipinski definition) is 2. The summed E-state index contributed by atoms with van der Waals surface area (Å²) in [6.45, 7) is 2.72. The third-order valence-electron chi connectivity index (χ3n) is 4.83. The smallest absolute Gasteiger partial charge is 0.326 e. The van der Waals surface area contributed by atoms with Gasteiger partial charge >= 0.3 is 5.97 Å². The SMILES string of the molecule is CCC1CCN(C(=O)CC2CCCC2)C(C(=O)O)C1. The lowest BCUT2D eigenvalue weighted by Crippen LogP contribution is -2.50. The Hall–Kier alpha value is -1.06. The first-order valence-corrected chi connectivity index (χ1v) is 7.64. The number of piperidine rings is 1. The van der Waals surface area contributed by atoms with Crippen molar-refractivity contribution in [2.75, 3.05) is 6.54 Å². The highest BCUT2D eigenvalue weighted by Crippen LogP contribution is 2.31. The highest BCUT2D eigenvalue weighted by atomic mass is 16.4. The number of rotatable bonds is 4. The lowest BCUT2D eigenvalue weighted by Gasteiger charge is -2.37. The molecule has 0 radical (unpaired) electrons. The van der Waals surface area contributed by atoms with E-state index in [1.54, 1.807) is 4.90 Å². The Kier molecular flexibility index (Phi) is 4.83. The van der Waals surface area contributed by atoms with E-state index in [4.69, 9.17) is 0 Å². The van der Waals surface area contributed by atoms with Gasteiger partial charge in [0.2, 0.25) is 5.91 Å². The van der Waals surface area contributed by atoms with Gasteiger partial charge in [-0.05, 0) is 37.5 Å². The van der Waals surface area contributed by atoms with Crippen molar-refractivity contribution in [3.63, 3.8) is 0 Å². The lowest BCUT2D eigenvalue weighted by atomic mass is 9.88. The second-order valence-corrected chi connectivity index (χ2v) is 6.09. The van der Waals surface area contributed by atoms with Gasteiger partial charge < -0.3 is 10.0 Å². The van der Waals surface area contributed by atoms with Gasteiger partial charge in [-0.3, -0.25) is 4.79 Å². The van der Waals surface area contributed by atoms with E-state index in [0.717, 1.165) is 25.7 Å². The summed E-state index contributed by atoms with van der Waals surface area (Å²) in [6.07, 6.45) is 7.86. The quantitative estimate of drug-likeness (QED) is 0.852. The maximum Gasteiger partial charge on any atom is 0.326 e. The molecule has 108 valence electrons. The molecule has 2 atom stereocenters. The number of likely N-dealkylation sites (tertiary alicyclic amines) is 1. The molecular formula is C15H25NO3. The summed E-state index contributed by atoms with van der Waals surface area (Å²) in [5.74, 6) is 0.175. The number of carboxylic acid groups (broad SMARTS) is 1. The third-order valence-corrected chi connectivity index (χ3v) is 4.83. The molecule has 0 spiro atoms. The maximum absolute atomic E-state index is 12.3. The van der Waals surface area contributed by atoms with Crippen LogP contribution in [0.25, 0.3) is 0 Å². The number of aliphatic carboxylic acids is 1. The van der Waals surface area contributed by atoms with Crippen LogP contribution in [0.15, 0.2) is 0 Å². The molecule has 1 aliphatic heterocycles. The van der Waals surface area contributed by atoms with E-state index in [1.807, 2.05) is 0 Å². The average molecular weight is 267 g/mol. The molecule has 1 N–H and O–H groups in total. The van der Waals surface area contributed by atoms with Gasteiger partial charge in [-0.2, -0.15) is 0 Å². The first-order chi connectivity index (χ1) is 9.11. The zero-order valence-electron chi connectivity index (χ0n) is 11.8. The summed E-state index contributed by atoms with van der Waals surface area (Å²) in [5, 5.41) is 9.34. The Bertz CT molecular complexity index is 336. The van der Waals surface area contributed by atoms with Gasteiger partial charge in [-0.1, -0.05) is 26.2 Å². The van der Waals surface area contributed by atoms with Crippen LogP contribution >= 0.6 is 0 Å². The van der Waals surface area contributed by atoms with Crippen molar-refractivity contribution < 1.29 is 14.7 Å². The van der Waals surface area contributed by atoms with Gasteiger partial charge in [0.25, 0.3) is 0 Å². The van der Waals surface area contributed by atoms with Gasteiger partial charge in [0.1, 0.15) is 6.04 Å². The molecule has 2 rings (SSSR count). The normalized spacial score (nSPS) is 28.6. The Balaban J connectivity index is 1.96. The summed E-state index contributed by atoms with van der Waals surface area (Å²) in [4.78, 5) is 25.3. The van der Waals surface area contributed by atoms with Crippen molar-refractivity contribution in [3.8, 4) is 0 Å². The minimum Gasteiger partial charge on any atom is -0.480 e. The second kappa shape index (κ2) is 6.40. The van der Waals surface area contributed by atoms with E-state index in [9.17, 15) is 14.7 Å². The van der Waals surface area contributed by atoms with E-state index < -0.39 is 12.0 Å². The van der Waals surface area contributed by atoms with Crippen LogP contribution in [0.1, 0.15) is 58.3 Å². The predicted octanol–water partition coefficient (Wildman–Crippen LogP) is 2.67. The van der Waals surface area contributed by atoms with Crippen molar-refractivity contribution in [1.82, 2.24) is 4.90 Å². The van der Waals surface area contributed by atoms with Gasteiger partial charge in [0, 0.05) is 13.0 Å². The summed E-state index contributed by atoms with van der Waals surface area (Å²) < 4.78 is 0. The molecule has 0 aromatic carbocycles. The summed E-state index contributed by atoms with van der Waals surface area (Å²) in [5.41, 5.74) is 0. The van der Waals surface area contributed by atoms with Gasteiger partial charge in [0.15, 0.2) is 0 Å². The third kappa shape index (κ3) is 3.48. The van der Waals surface area contributed by atoms with Crippen LogP contribution in [0.4, 0.5) is 0 Å². The highest BCUT2D eigenvalue weighted by Gasteiger charge is 2.36. The van der Waals surface area contributed by atoms with Crippen molar-refractivity contribution in [1.29, 1.82) is 0 Å². The Morgan fingerprint density at radius 2 is 1.84 bits per heavy atom. The molecule has 4 nitrogen and oxygen atoms in total. The maximum atomic E-state index is 12.3. The summed E-state index contributed by atoms with van der Waals surface area (Å²) in [7, 11) is 0. The van der Waals surface area contributed by atoms with Gasteiger partial charge in [0.05, 0.1) is 0 Å². The second-order valence-electron chi connectivity index (χ2n) is 6.09. The fourth-order valence-corrected chi connectivity index (χ4v) is 3.52. The standard InChI is InChI=1S/C15H25NO3/c1-2-11-7-8-16(13(9-11)15(18)19)14(17)10-12-5-3-4-6-12/h11-13H,2-10H2,1H3,(H,18,19). The zero-order valence-corrected chi connectivity index (χ0v) is 11.8. The van der Waals surface area contributed by atoms with E-state index in [2.05, 4.69) is 6.92 Å². The van der Waals surface area contributed by atoms with Crippen molar-refractivity contribution in [2.24, 2.45) is 11.8 Å². The highest BCUT2D eigenvalue weighted by molar-refractivity contribution is 5.84. The van der Waals surface area contributed by atoms with Crippen LogP contribution in [-0.4, -0.2) is 34.5 Å². The molecule has 19 heavy (non-hydrogen) atoms. The van der Waals surface area contributed by atoms with E-state index >= 15 is 0 Å². The van der Waals surface area contributed by atoms with E-state index in [0.29, 0.717) is 31.2 Å². The van der Waals surface area contributed by atoms with Gasteiger partial charge in [-0.25, -0.2) is 4.79 Å². The fourth-order valence-electron chi connectivity index (χ4n) is 3.52. The number of hydrogen-bond donors (Lipinski definition) is 1. The van der Waals surface area contributed by atoms with Crippen LogP contribution in [-0.2, 0) is 9.59 Å². The molecule has 1 saturated carbocycles. The molecule has 2 aliphatic rings. The van der Waals surface area contributed by atoms with Crippen LogP contribution in [0.3, 0.4) is 0 Å². The molecule has 1 aliphatic carbocycles. The van der Waals surface area contributed by atoms with Crippen LogP contribution < -0.4 is 0 Å². The Labute approximate surface area is 115 Å². The molecule has 1 saturated heterocycles.